The molecule has 66 valence electrons. The van der Waals surface area contributed by atoms with Crippen LogP contribution in [0.25, 0.3) is 10.9 Å². The molecule has 1 aromatic heterocycles. The van der Waals surface area contributed by atoms with Crippen molar-refractivity contribution in [3.05, 3.63) is 40.2 Å². The molecule has 0 bridgehead atoms. The maximum Gasteiger partial charge on any atom is 0.255 e. The van der Waals surface area contributed by atoms with E-state index in [4.69, 9.17) is 0 Å². The number of nitrogens with one attached hydrogen (secondary N) is 1. The van der Waals surface area contributed by atoms with Crippen LogP contribution in [0.2, 0.25) is 0 Å². The van der Waals surface area contributed by atoms with Crippen molar-refractivity contribution in [2.45, 2.75) is 6.92 Å². The normalized spacial score (nSPS) is 10.5. The zero-order valence-electron chi connectivity index (χ0n) is 7.16. The third kappa shape index (κ3) is 1.09. The SMILES string of the molecule is Cc1c(O)c2ccccc2[nH]c1=O. The van der Waals surface area contributed by atoms with Gasteiger partial charge in [0.05, 0.1) is 11.1 Å². The highest BCUT2D eigenvalue weighted by molar-refractivity contribution is 5.85. The van der Waals surface area contributed by atoms with Crippen molar-refractivity contribution < 1.29 is 5.11 Å². The van der Waals surface area contributed by atoms with E-state index in [2.05, 4.69) is 4.98 Å². The number of hydrogen-bond acceptors (Lipinski definition) is 2. The molecule has 3 heteroatoms. The van der Waals surface area contributed by atoms with E-state index in [1.807, 2.05) is 12.1 Å². The highest BCUT2D eigenvalue weighted by Crippen LogP contribution is 2.23. The smallest absolute Gasteiger partial charge is 0.255 e. The van der Waals surface area contributed by atoms with Gasteiger partial charge >= 0.3 is 0 Å². The summed E-state index contributed by atoms with van der Waals surface area (Å²) in [6, 6.07) is 7.16. The van der Waals surface area contributed by atoms with Crippen LogP contribution in [-0.2, 0) is 0 Å². The maximum atomic E-state index is 11.2. The summed E-state index contributed by atoms with van der Waals surface area (Å²) >= 11 is 0. The van der Waals surface area contributed by atoms with Crippen LogP contribution in [0.1, 0.15) is 5.56 Å². The van der Waals surface area contributed by atoms with Crippen molar-refractivity contribution in [2.75, 3.05) is 0 Å². The zero-order chi connectivity index (χ0) is 9.42. The molecular formula is C10H9NO2. The molecule has 2 rings (SSSR count). The Bertz CT molecular complexity index is 514. The minimum Gasteiger partial charge on any atom is -0.507 e. The predicted molar refractivity (Wildman–Crippen MR) is 51.0 cm³/mol. The second-order valence-electron chi connectivity index (χ2n) is 2.97. The largest absolute Gasteiger partial charge is 0.507 e. The summed E-state index contributed by atoms with van der Waals surface area (Å²) in [6.07, 6.45) is 0. The summed E-state index contributed by atoms with van der Waals surface area (Å²) in [5.74, 6) is 0.0688. The van der Waals surface area contributed by atoms with Gasteiger partial charge in [0, 0.05) is 5.39 Å². The molecule has 0 atom stereocenters. The molecule has 0 aliphatic rings. The van der Waals surface area contributed by atoms with Crippen LogP contribution in [0, 0.1) is 6.92 Å². The first kappa shape index (κ1) is 7.86. The van der Waals surface area contributed by atoms with Crippen molar-refractivity contribution >= 4 is 10.9 Å². The number of pyridine rings is 1. The number of rotatable bonds is 0. The third-order valence-corrected chi connectivity index (χ3v) is 2.13. The molecule has 0 unspecified atom stereocenters. The Hall–Kier alpha value is -1.77. The summed E-state index contributed by atoms with van der Waals surface area (Å²) in [7, 11) is 0. The molecule has 3 nitrogen and oxygen atoms in total. The topological polar surface area (TPSA) is 53.1 Å². The number of hydrogen-bond donors (Lipinski definition) is 2. The van der Waals surface area contributed by atoms with Crippen LogP contribution in [0.5, 0.6) is 5.75 Å². The maximum absolute atomic E-state index is 11.2. The molecule has 0 saturated heterocycles. The van der Waals surface area contributed by atoms with Gasteiger partial charge < -0.3 is 10.1 Å². The number of fused-ring (bicyclic) bond motifs is 1. The van der Waals surface area contributed by atoms with Gasteiger partial charge in [-0.3, -0.25) is 4.79 Å². The van der Waals surface area contributed by atoms with Gasteiger partial charge in [-0.2, -0.15) is 0 Å². The lowest BCUT2D eigenvalue weighted by molar-refractivity contribution is 0.476. The standard InChI is InChI=1S/C10H9NO2/c1-6-9(12)7-4-2-3-5-8(7)11-10(6)13/h2-5H,1H3,(H2,11,12,13). The molecule has 0 fully saturated rings. The Morgan fingerprint density at radius 3 is 2.77 bits per heavy atom. The molecule has 0 radical (unpaired) electrons. The lowest BCUT2D eigenvalue weighted by atomic mass is 10.1. The summed E-state index contributed by atoms with van der Waals surface area (Å²) in [5.41, 5.74) is 0.783. The molecule has 2 aromatic rings. The Labute approximate surface area is 74.7 Å². The number of aromatic nitrogens is 1. The summed E-state index contributed by atoms with van der Waals surface area (Å²) in [5, 5.41) is 10.3. The molecule has 1 heterocycles. The van der Waals surface area contributed by atoms with Crippen molar-refractivity contribution in [1.82, 2.24) is 4.98 Å². The molecule has 0 amide bonds. The second-order valence-corrected chi connectivity index (χ2v) is 2.97. The monoisotopic (exact) mass is 175 g/mol. The van der Waals surface area contributed by atoms with Crippen molar-refractivity contribution in [3.63, 3.8) is 0 Å². The first-order valence-corrected chi connectivity index (χ1v) is 4.01. The van der Waals surface area contributed by atoms with Gasteiger partial charge in [0.25, 0.3) is 5.56 Å². The van der Waals surface area contributed by atoms with Crippen LogP contribution < -0.4 is 5.56 Å². The van der Waals surface area contributed by atoms with E-state index in [1.165, 1.54) is 0 Å². The Balaban J connectivity index is 3.02. The van der Waals surface area contributed by atoms with Crippen LogP contribution in [-0.4, -0.2) is 10.1 Å². The molecule has 2 N–H and O–H groups in total. The molecule has 1 aromatic carbocycles. The van der Waals surface area contributed by atoms with Gasteiger partial charge in [0.15, 0.2) is 0 Å². The van der Waals surface area contributed by atoms with E-state index >= 15 is 0 Å². The van der Waals surface area contributed by atoms with E-state index in [0.717, 1.165) is 0 Å². The van der Waals surface area contributed by atoms with Gasteiger partial charge in [-0.1, -0.05) is 12.1 Å². The number of benzene rings is 1. The summed E-state index contributed by atoms with van der Waals surface area (Å²) < 4.78 is 0. The Morgan fingerprint density at radius 2 is 2.00 bits per heavy atom. The highest BCUT2D eigenvalue weighted by Gasteiger charge is 2.05. The van der Waals surface area contributed by atoms with Crippen LogP contribution in [0.15, 0.2) is 29.1 Å². The number of aromatic hydroxyl groups is 1. The van der Waals surface area contributed by atoms with E-state index in [1.54, 1.807) is 19.1 Å². The van der Waals surface area contributed by atoms with E-state index < -0.39 is 0 Å². The van der Waals surface area contributed by atoms with Crippen LogP contribution in [0.4, 0.5) is 0 Å². The van der Waals surface area contributed by atoms with Gasteiger partial charge in [0.2, 0.25) is 0 Å². The second kappa shape index (κ2) is 2.62. The van der Waals surface area contributed by atoms with Gasteiger partial charge in [-0.15, -0.1) is 0 Å². The fourth-order valence-corrected chi connectivity index (χ4v) is 1.32. The van der Waals surface area contributed by atoms with Gasteiger partial charge in [-0.25, -0.2) is 0 Å². The molecule has 0 saturated carbocycles. The minimum atomic E-state index is -0.240. The molecule has 0 aliphatic heterocycles. The van der Waals surface area contributed by atoms with E-state index in [0.29, 0.717) is 16.5 Å². The average molecular weight is 175 g/mol. The Morgan fingerprint density at radius 1 is 1.31 bits per heavy atom. The zero-order valence-corrected chi connectivity index (χ0v) is 7.16. The molecule has 0 spiro atoms. The minimum absolute atomic E-state index is 0.0688. The predicted octanol–water partition coefficient (Wildman–Crippen LogP) is 1.54. The van der Waals surface area contributed by atoms with Crippen molar-refractivity contribution in [3.8, 4) is 5.75 Å². The fraction of sp³-hybridized carbons (Fsp3) is 0.100. The van der Waals surface area contributed by atoms with Gasteiger partial charge in [0.1, 0.15) is 5.75 Å². The first-order valence-electron chi connectivity index (χ1n) is 4.01. The molecule has 13 heavy (non-hydrogen) atoms. The molecular weight excluding hydrogens is 166 g/mol. The van der Waals surface area contributed by atoms with Crippen molar-refractivity contribution in [2.24, 2.45) is 0 Å². The fourth-order valence-electron chi connectivity index (χ4n) is 1.32. The number of H-pyrrole nitrogens is 1. The number of para-hydroxylation sites is 1. The van der Waals surface area contributed by atoms with Crippen LogP contribution in [0.3, 0.4) is 0 Å². The van der Waals surface area contributed by atoms with Gasteiger partial charge in [-0.05, 0) is 19.1 Å². The molecule has 0 aliphatic carbocycles. The number of aromatic amines is 1. The van der Waals surface area contributed by atoms with Crippen molar-refractivity contribution in [1.29, 1.82) is 0 Å². The first-order chi connectivity index (χ1) is 6.20. The van der Waals surface area contributed by atoms with E-state index in [-0.39, 0.29) is 11.3 Å². The quantitative estimate of drug-likeness (QED) is 0.638. The highest BCUT2D eigenvalue weighted by atomic mass is 16.3. The lowest BCUT2D eigenvalue weighted by Gasteiger charge is -2.02. The third-order valence-electron chi connectivity index (χ3n) is 2.13. The summed E-state index contributed by atoms with van der Waals surface area (Å²) in [6.45, 7) is 1.60. The van der Waals surface area contributed by atoms with E-state index in [9.17, 15) is 9.90 Å². The lowest BCUT2D eigenvalue weighted by Crippen LogP contribution is -2.08. The summed E-state index contributed by atoms with van der Waals surface area (Å²) in [4.78, 5) is 13.9. The Kier molecular flexibility index (Phi) is 1.59. The van der Waals surface area contributed by atoms with Crippen LogP contribution >= 0.6 is 0 Å². The average Bonchev–Trinajstić information content (AvgIpc) is 2.15.